The molecular weight excluding hydrogens is 208 g/mol. The second kappa shape index (κ2) is 5.65. The summed E-state index contributed by atoms with van der Waals surface area (Å²) in [5, 5.41) is 3.50. The highest BCUT2D eigenvalue weighted by Gasteiger charge is 2.32. The summed E-state index contributed by atoms with van der Waals surface area (Å²) in [6, 6.07) is 9.63. The molecule has 0 saturated carbocycles. The molecule has 1 aromatic rings. The average Bonchev–Trinajstić information content (AvgIpc) is 2.69. The van der Waals surface area contributed by atoms with Crippen molar-refractivity contribution in [2.75, 3.05) is 26.7 Å². The molecule has 0 aromatic heterocycles. The second-order valence-corrected chi connectivity index (χ2v) is 5.19. The first-order valence-electron chi connectivity index (χ1n) is 6.70. The minimum Gasteiger partial charge on any atom is -0.317 e. The van der Waals surface area contributed by atoms with Crippen molar-refractivity contribution >= 4 is 0 Å². The monoisotopic (exact) mass is 232 g/mol. The Labute approximate surface area is 105 Å². The van der Waals surface area contributed by atoms with Gasteiger partial charge >= 0.3 is 0 Å². The first-order valence-corrected chi connectivity index (χ1v) is 6.70. The molecule has 1 aromatic carbocycles. The number of likely N-dealkylation sites (tertiary alicyclic amines) is 1. The lowest BCUT2D eigenvalue weighted by Gasteiger charge is -2.26. The standard InChI is InChI=1S/C15H24N2/c1-4-16-11-14-9-10-17(3)15(14)13-7-5-12(2)6-8-13/h5-8,14-16H,4,9-11H2,1-3H3. The van der Waals surface area contributed by atoms with Crippen molar-refractivity contribution in [1.29, 1.82) is 0 Å². The normalized spacial score (nSPS) is 25.4. The van der Waals surface area contributed by atoms with E-state index in [0.717, 1.165) is 19.0 Å². The van der Waals surface area contributed by atoms with Crippen LogP contribution >= 0.6 is 0 Å². The van der Waals surface area contributed by atoms with Gasteiger partial charge < -0.3 is 5.32 Å². The van der Waals surface area contributed by atoms with Gasteiger partial charge in [0.1, 0.15) is 0 Å². The fraction of sp³-hybridized carbons (Fsp3) is 0.600. The van der Waals surface area contributed by atoms with Gasteiger partial charge in [0, 0.05) is 6.04 Å². The summed E-state index contributed by atoms with van der Waals surface area (Å²) in [5.41, 5.74) is 2.82. The van der Waals surface area contributed by atoms with E-state index in [1.54, 1.807) is 0 Å². The van der Waals surface area contributed by atoms with Crippen LogP contribution in [0.3, 0.4) is 0 Å². The van der Waals surface area contributed by atoms with E-state index in [9.17, 15) is 0 Å². The lowest BCUT2D eigenvalue weighted by atomic mass is 9.93. The Kier molecular flexibility index (Phi) is 4.19. The molecule has 2 rings (SSSR count). The minimum absolute atomic E-state index is 0.592. The molecular formula is C15H24N2. The summed E-state index contributed by atoms with van der Waals surface area (Å²) in [7, 11) is 2.25. The van der Waals surface area contributed by atoms with Crippen LogP contribution in [0.5, 0.6) is 0 Å². The van der Waals surface area contributed by atoms with E-state index in [4.69, 9.17) is 0 Å². The number of aryl methyl sites for hydroxylation is 1. The van der Waals surface area contributed by atoms with Crippen molar-refractivity contribution in [1.82, 2.24) is 10.2 Å². The predicted octanol–water partition coefficient (Wildman–Crippen LogP) is 2.60. The fourth-order valence-corrected chi connectivity index (χ4v) is 2.86. The van der Waals surface area contributed by atoms with Gasteiger partial charge in [-0.3, -0.25) is 4.90 Å². The Balaban J connectivity index is 2.12. The highest BCUT2D eigenvalue weighted by Crippen LogP contribution is 2.35. The summed E-state index contributed by atoms with van der Waals surface area (Å²) in [6.45, 7) is 7.76. The Bertz CT molecular complexity index is 344. The molecule has 1 saturated heterocycles. The number of benzene rings is 1. The summed E-state index contributed by atoms with van der Waals surface area (Å²) >= 11 is 0. The highest BCUT2D eigenvalue weighted by atomic mass is 15.2. The molecule has 1 aliphatic rings. The van der Waals surface area contributed by atoms with Crippen LogP contribution in [0.2, 0.25) is 0 Å². The molecule has 1 heterocycles. The van der Waals surface area contributed by atoms with E-state index in [-0.39, 0.29) is 0 Å². The maximum Gasteiger partial charge on any atom is 0.0385 e. The van der Waals surface area contributed by atoms with Crippen LogP contribution in [-0.4, -0.2) is 31.6 Å². The van der Waals surface area contributed by atoms with Crippen LogP contribution in [0.15, 0.2) is 24.3 Å². The van der Waals surface area contributed by atoms with E-state index in [1.165, 1.54) is 24.1 Å². The van der Waals surface area contributed by atoms with Gasteiger partial charge in [-0.05, 0) is 51.5 Å². The van der Waals surface area contributed by atoms with Gasteiger partial charge in [0.2, 0.25) is 0 Å². The summed E-state index contributed by atoms with van der Waals surface area (Å²) in [5.74, 6) is 0.752. The molecule has 2 atom stereocenters. The molecule has 2 unspecified atom stereocenters. The molecule has 2 heteroatoms. The Morgan fingerprint density at radius 1 is 1.29 bits per heavy atom. The van der Waals surface area contributed by atoms with Crippen molar-refractivity contribution < 1.29 is 0 Å². The van der Waals surface area contributed by atoms with Gasteiger partial charge in [-0.15, -0.1) is 0 Å². The minimum atomic E-state index is 0.592. The third kappa shape index (κ3) is 2.88. The number of rotatable bonds is 4. The molecule has 2 nitrogen and oxygen atoms in total. The number of nitrogens with zero attached hydrogens (tertiary/aromatic N) is 1. The van der Waals surface area contributed by atoms with E-state index >= 15 is 0 Å². The largest absolute Gasteiger partial charge is 0.317 e. The van der Waals surface area contributed by atoms with Crippen LogP contribution in [0.25, 0.3) is 0 Å². The number of hydrogen-bond acceptors (Lipinski definition) is 2. The zero-order valence-corrected chi connectivity index (χ0v) is 11.2. The zero-order valence-electron chi connectivity index (χ0n) is 11.2. The third-order valence-electron chi connectivity index (χ3n) is 3.85. The topological polar surface area (TPSA) is 15.3 Å². The fourth-order valence-electron chi connectivity index (χ4n) is 2.86. The summed E-state index contributed by atoms with van der Waals surface area (Å²) in [4.78, 5) is 2.49. The van der Waals surface area contributed by atoms with Gasteiger partial charge in [-0.2, -0.15) is 0 Å². The lowest BCUT2D eigenvalue weighted by molar-refractivity contribution is 0.273. The summed E-state index contributed by atoms with van der Waals surface area (Å²) < 4.78 is 0. The molecule has 0 aliphatic carbocycles. The average molecular weight is 232 g/mol. The Hall–Kier alpha value is -0.860. The molecule has 1 N–H and O–H groups in total. The highest BCUT2D eigenvalue weighted by molar-refractivity contribution is 5.25. The second-order valence-electron chi connectivity index (χ2n) is 5.19. The van der Waals surface area contributed by atoms with Crippen molar-refractivity contribution in [3.63, 3.8) is 0 Å². The van der Waals surface area contributed by atoms with Gasteiger partial charge in [-0.1, -0.05) is 36.8 Å². The molecule has 1 aliphatic heterocycles. The first-order chi connectivity index (χ1) is 8.22. The number of hydrogen-bond donors (Lipinski definition) is 1. The summed E-state index contributed by atoms with van der Waals surface area (Å²) in [6.07, 6.45) is 1.31. The van der Waals surface area contributed by atoms with Crippen molar-refractivity contribution in [2.24, 2.45) is 5.92 Å². The van der Waals surface area contributed by atoms with Gasteiger partial charge in [0.05, 0.1) is 0 Å². The maximum atomic E-state index is 3.50. The SMILES string of the molecule is CCNCC1CCN(C)C1c1ccc(C)cc1. The van der Waals surface area contributed by atoms with Gasteiger partial charge in [0.25, 0.3) is 0 Å². The molecule has 0 spiro atoms. The van der Waals surface area contributed by atoms with Gasteiger partial charge in [-0.25, -0.2) is 0 Å². The van der Waals surface area contributed by atoms with Crippen molar-refractivity contribution in [3.8, 4) is 0 Å². The molecule has 0 bridgehead atoms. The predicted molar refractivity (Wildman–Crippen MR) is 73.2 cm³/mol. The zero-order chi connectivity index (χ0) is 12.3. The maximum absolute atomic E-state index is 3.50. The van der Waals surface area contributed by atoms with Crippen LogP contribution in [0, 0.1) is 12.8 Å². The molecule has 0 amide bonds. The molecule has 17 heavy (non-hydrogen) atoms. The quantitative estimate of drug-likeness (QED) is 0.858. The van der Waals surface area contributed by atoms with E-state index in [2.05, 4.69) is 55.4 Å². The van der Waals surface area contributed by atoms with Crippen LogP contribution < -0.4 is 5.32 Å². The van der Waals surface area contributed by atoms with E-state index < -0.39 is 0 Å². The molecule has 0 radical (unpaired) electrons. The molecule has 1 fully saturated rings. The smallest absolute Gasteiger partial charge is 0.0385 e. The van der Waals surface area contributed by atoms with Crippen LogP contribution in [0.4, 0.5) is 0 Å². The van der Waals surface area contributed by atoms with Crippen LogP contribution in [-0.2, 0) is 0 Å². The number of nitrogens with one attached hydrogen (secondary N) is 1. The van der Waals surface area contributed by atoms with Crippen molar-refractivity contribution in [2.45, 2.75) is 26.3 Å². The Morgan fingerprint density at radius 2 is 2.00 bits per heavy atom. The third-order valence-corrected chi connectivity index (χ3v) is 3.85. The van der Waals surface area contributed by atoms with Gasteiger partial charge in [0.15, 0.2) is 0 Å². The van der Waals surface area contributed by atoms with E-state index in [0.29, 0.717) is 6.04 Å². The Morgan fingerprint density at radius 3 is 2.65 bits per heavy atom. The molecule has 94 valence electrons. The van der Waals surface area contributed by atoms with Crippen molar-refractivity contribution in [3.05, 3.63) is 35.4 Å². The lowest BCUT2D eigenvalue weighted by Crippen LogP contribution is -2.28. The van der Waals surface area contributed by atoms with Crippen LogP contribution in [0.1, 0.15) is 30.5 Å². The van der Waals surface area contributed by atoms with E-state index in [1.807, 2.05) is 0 Å². The first kappa shape index (κ1) is 12.6.